The van der Waals surface area contributed by atoms with Gasteiger partial charge in [-0.15, -0.1) is 0 Å². The van der Waals surface area contributed by atoms with Gasteiger partial charge in [-0.2, -0.15) is 5.10 Å². The van der Waals surface area contributed by atoms with Gasteiger partial charge >= 0.3 is 0 Å². The van der Waals surface area contributed by atoms with E-state index >= 15 is 0 Å². The minimum atomic E-state index is 0.658. The molecular formula is C9H9ClN4. The largest absolute Gasteiger partial charge is 0.377 e. The van der Waals surface area contributed by atoms with E-state index in [4.69, 9.17) is 11.6 Å². The first kappa shape index (κ1) is 9.02. The van der Waals surface area contributed by atoms with Crippen LogP contribution < -0.4 is 5.32 Å². The van der Waals surface area contributed by atoms with Gasteiger partial charge in [0.15, 0.2) is 0 Å². The molecule has 0 aromatic carbocycles. The third kappa shape index (κ3) is 2.03. The Labute approximate surface area is 86.3 Å². The van der Waals surface area contributed by atoms with E-state index in [2.05, 4.69) is 20.5 Å². The molecule has 0 aliphatic rings. The lowest BCUT2D eigenvalue weighted by Crippen LogP contribution is -2.00. The Morgan fingerprint density at radius 2 is 2.29 bits per heavy atom. The average Bonchev–Trinajstić information content (AvgIpc) is 2.69. The first-order valence-electron chi connectivity index (χ1n) is 4.18. The van der Waals surface area contributed by atoms with Crippen molar-refractivity contribution in [1.29, 1.82) is 0 Å². The van der Waals surface area contributed by atoms with Gasteiger partial charge in [0.2, 0.25) is 0 Å². The number of rotatable bonds is 3. The number of nitrogens with one attached hydrogen (secondary N) is 2. The molecule has 2 heterocycles. The molecule has 0 saturated heterocycles. The second-order valence-corrected chi connectivity index (χ2v) is 3.20. The van der Waals surface area contributed by atoms with Crippen LogP contribution in [0.15, 0.2) is 30.7 Å². The van der Waals surface area contributed by atoms with Crippen molar-refractivity contribution in [3.05, 3.63) is 41.4 Å². The molecule has 0 aliphatic carbocycles. The van der Waals surface area contributed by atoms with Crippen molar-refractivity contribution in [3.8, 4) is 0 Å². The lowest BCUT2D eigenvalue weighted by molar-refractivity contribution is 0.980. The molecule has 0 atom stereocenters. The van der Waals surface area contributed by atoms with E-state index < -0.39 is 0 Å². The summed E-state index contributed by atoms with van der Waals surface area (Å²) >= 11 is 5.94. The molecule has 2 aromatic heterocycles. The van der Waals surface area contributed by atoms with Crippen LogP contribution in [0.4, 0.5) is 5.69 Å². The highest BCUT2D eigenvalue weighted by atomic mass is 35.5. The monoisotopic (exact) mass is 208 g/mol. The topological polar surface area (TPSA) is 53.6 Å². The van der Waals surface area contributed by atoms with Crippen molar-refractivity contribution >= 4 is 17.3 Å². The molecule has 0 radical (unpaired) electrons. The maximum atomic E-state index is 5.94. The van der Waals surface area contributed by atoms with Crippen LogP contribution in [0.5, 0.6) is 0 Å². The SMILES string of the molecule is Clc1ccncc1NCc1ccn[nH]1. The molecule has 0 fully saturated rings. The molecular weight excluding hydrogens is 200 g/mol. The summed E-state index contributed by atoms with van der Waals surface area (Å²) in [5, 5.41) is 10.5. The van der Waals surface area contributed by atoms with Crippen LogP contribution in [0.1, 0.15) is 5.69 Å². The maximum Gasteiger partial charge on any atom is 0.0719 e. The summed E-state index contributed by atoms with van der Waals surface area (Å²) in [6.07, 6.45) is 5.06. The van der Waals surface area contributed by atoms with Gasteiger partial charge in [0.1, 0.15) is 0 Å². The van der Waals surface area contributed by atoms with Gasteiger partial charge in [-0.05, 0) is 12.1 Å². The zero-order valence-electron chi connectivity index (χ0n) is 7.37. The van der Waals surface area contributed by atoms with Gasteiger partial charge in [-0.3, -0.25) is 10.1 Å². The van der Waals surface area contributed by atoms with Gasteiger partial charge in [-0.25, -0.2) is 0 Å². The number of pyridine rings is 1. The summed E-state index contributed by atoms with van der Waals surface area (Å²) < 4.78 is 0. The van der Waals surface area contributed by atoms with E-state index in [-0.39, 0.29) is 0 Å². The van der Waals surface area contributed by atoms with Crippen LogP contribution in [0, 0.1) is 0 Å². The molecule has 0 saturated carbocycles. The van der Waals surface area contributed by atoms with Crippen LogP contribution in [0.25, 0.3) is 0 Å². The van der Waals surface area contributed by atoms with Crippen molar-refractivity contribution in [3.63, 3.8) is 0 Å². The Balaban J connectivity index is 2.02. The minimum Gasteiger partial charge on any atom is -0.377 e. The fourth-order valence-corrected chi connectivity index (χ4v) is 1.25. The van der Waals surface area contributed by atoms with Crippen LogP contribution in [0.3, 0.4) is 0 Å². The number of aromatic amines is 1. The van der Waals surface area contributed by atoms with Gasteiger partial charge < -0.3 is 5.32 Å². The molecule has 4 nitrogen and oxygen atoms in total. The lowest BCUT2D eigenvalue weighted by atomic mass is 10.4. The second-order valence-electron chi connectivity index (χ2n) is 2.79. The van der Waals surface area contributed by atoms with Crippen molar-refractivity contribution in [2.75, 3.05) is 5.32 Å². The summed E-state index contributed by atoms with van der Waals surface area (Å²) in [6.45, 7) is 0.658. The molecule has 14 heavy (non-hydrogen) atoms. The van der Waals surface area contributed by atoms with Crippen LogP contribution in [-0.4, -0.2) is 15.2 Å². The lowest BCUT2D eigenvalue weighted by Gasteiger charge is -2.05. The van der Waals surface area contributed by atoms with Gasteiger partial charge in [0.05, 0.1) is 29.1 Å². The molecule has 0 unspecified atom stereocenters. The number of H-pyrrole nitrogens is 1. The highest BCUT2D eigenvalue weighted by Crippen LogP contribution is 2.19. The molecule has 0 amide bonds. The van der Waals surface area contributed by atoms with Crippen molar-refractivity contribution in [2.45, 2.75) is 6.54 Å². The molecule has 2 aromatic rings. The number of anilines is 1. The molecule has 2 rings (SSSR count). The normalized spacial score (nSPS) is 10.1. The van der Waals surface area contributed by atoms with Crippen LogP contribution in [0.2, 0.25) is 5.02 Å². The molecule has 5 heteroatoms. The fourth-order valence-electron chi connectivity index (χ4n) is 1.08. The maximum absolute atomic E-state index is 5.94. The van der Waals surface area contributed by atoms with Gasteiger partial charge in [0, 0.05) is 12.4 Å². The average molecular weight is 209 g/mol. The first-order valence-corrected chi connectivity index (χ1v) is 4.55. The fraction of sp³-hybridized carbons (Fsp3) is 0.111. The van der Waals surface area contributed by atoms with Gasteiger partial charge in [-0.1, -0.05) is 11.6 Å². The molecule has 2 N–H and O–H groups in total. The summed E-state index contributed by atoms with van der Waals surface area (Å²) in [4.78, 5) is 3.97. The number of nitrogens with zero attached hydrogens (tertiary/aromatic N) is 2. The Morgan fingerprint density at radius 1 is 1.36 bits per heavy atom. The second kappa shape index (κ2) is 4.11. The van der Waals surface area contributed by atoms with Crippen LogP contribution in [-0.2, 0) is 6.54 Å². The number of aromatic nitrogens is 3. The molecule has 0 spiro atoms. The predicted molar refractivity (Wildman–Crippen MR) is 55.2 cm³/mol. The van der Waals surface area contributed by atoms with E-state index in [0.29, 0.717) is 11.6 Å². The van der Waals surface area contributed by atoms with E-state index in [1.165, 1.54) is 0 Å². The predicted octanol–water partition coefficient (Wildman–Crippen LogP) is 2.07. The third-order valence-corrected chi connectivity index (χ3v) is 2.13. The van der Waals surface area contributed by atoms with Crippen molar-refractivity contribution < 1.29 is 0 Å². The highest BCUT2D eigenvalue weighted by Gasteiger charge is 1.98. The zero-order chi connectivity index (χ0) is 9.80. The van der Waals surface area contributed by atoms with Crippen molar-refractivity contribution in [2.24, 2.45) is 0 Å². The number of hydrogen-bond donors (Lipinski definition) is 2. The Bertz CT molecular complexity index is 399. The molecule has 0 bridgehead atoms. The zero-order valence-corrected chi connectivity index (χ0v) is 8.12. The van der Waals surface area contributed by atoms with E-state index in [9.17, 15) is 0 Å². The molecule has 0 aliphatic heterocycles. The number of halogens is 1. The Kier molecular flexibility index (Phi) is 2.65. The summed E-state index contributed by atoms with van der Waals surface area (Å²) in [5.41, 5.74) is 1.83. The van der Waals surface area contributed by atoms with Crippen molar-refractivity contribution in [1.82, 2.24) is 15.2 Å². The quantitative estimate of drug-likeness (QED) is 0.812. The molecule has 72 valence electrons. The van der Waals surface area contributed by atoms with E-state index in [0.717, 1.165) is 11.4 Å². The standard InChI is InChI=1S/C9H9ClN4/c10-8-2-3-11-6-9(8)12-5-7-1-4-13-14-7/h1-4,6,12H,5H2,(H,13,14). The summed E-state index contributed by atoms with van der Waals surface area (Å²) in [6, 6.07) is 3.65. The van der Waals surface area contributed by atoms with Gasteiger partial charge in [0.25, 0.3) is 0 Å². The van der Waals surface area contributed by atoms with E-state index in [1.54, 1.807) is 24.7 Å². The third-order valence-electron chi connectivity index (χ3n) is 1.80. The number of hydrogen-bond acceptors (Lipinski definition) is 3. The van der Waals surface area contributed by atoms with E-state index in [1.807, 2.05) is 6.07 Å². The highest BCUT2D eigenvalue weighted by molar-refractivity contribution is 6.33. The Hall–Kier alpha value is -1.55. The van der Waals surface area contributed by atoms with Crippen LogP contribution >= 0.6 is 11.6 Å². The summed E-state index contributed by atoms with van der Waals surface area (Å²) in [5.74, 6) is 0. The summed E-state index contributed by atoms with van der Waals surface area (Å²) in [7, 11) is 0. The minimum absolute atomic E-state index is 0.658. The smallest absolute Gasteiger partial charge is 0.0719 e. The Morgan fingerprint density at radius 3 is 3.00 bits per heavy atom. The first-order chi connectivity index (χ1) is 6.86.